The van der Waals surface area contributed by atoms with Crippen LogP contribution < -0.4 is 5.46 Å². The Kier molecular flexibility index (Phi) is 3.13. The highest BCUT2D eigenvalue weighted by molar-refractivity contribution is 6.63. The van der Waals surface area contributed by atoms with Crippen LogP contribution >= 0.6 is 0 Å². The van der Waals surface area contributed by atoms with Crippen molar-refractivity contribution in [1.29, 1.82) is 0 Å². The summed E-state index contributed by atoms with van der Waals surface area (Å²) < 4.78 is 0. The first-order valence-electron chi connectivity index (χ1n) is 5.35. The van der Waals surface area contributed by atoms with E-state index in [1.165, 1.54) is 0 Å². The normalized spacial score (nSPS) is 10.2. The molecule has 0 aromatic heterocycles. The Bertz CT molecular complexity index is 588. The van der Waals surface area contributed by atoms with Crippen LogP contribution in [0.4, 0.5) is 0 Å². The molecule has 0 fully saturated rings. The van der Waals surface area contributed by atoms with Crippen molar-refractivity contribution in [3.05, 3.63) is 54.6 Å². The topological polar surface area (TPSA) is 40.5 Å². The number of fused-ring (bicyclic) bond motifs is 1. The average Bonchev–Trinajstić information content (AvgIpc) is 2.35. The second kappa shape index (κ2) is 4.57. The van der Waals surface area contributed by atoms with Gasteiger partial charge >= 0.3 is 7.12 Å². The molecule has 0 amide bonds. The predicted octanol–water partition coefficient (Wildman–Crippen LogP) is 1.81. The van der Waals surface area contributed by atoms with Crippen LogP contribution in [0.15, 0.2) is 43.5 Å². The summed E-state index contributed by atoms with van der Waals surface area (Å²) in [4.78, 5) is 0. The van der Waals surface area contributed by atoms with E-state index in [0.717, 1.165) is 16.3 Å². The molecule has 17 heavy (non-hydrogen) atoms. The summed E-state index contributed by atoms with van der Waals surface area (Å²) in [7, 11) is -1.52. The minimum absolute atomic E-state index is 0.480. The number of rotatable bonds is 3. The molecule has 0 bridgehead atoms. The van der Waals surface area contributed by atoms with E-state index >= 15 is 0 Å². The second-order valence-corrected chi connectivity index (χ2v) is 3.80. The SMILES string of the molecule is C=Cc1cc2ccccc2c(B(O)O)c1C=C. The first kappa shape index (κ1) is 11.6. The summed E-state index contributed by atoms with van der Waals surface area (Å²) in [5, 5.41) is 20.8. The van der Waals surface area contributed by atoms with Crippen LogP contribution in [0.1, 0.15) is 11.1 Å². The van der Waals surface area contributed by atoms with E-state index in [4.69, 9.17) is 0 Å². The molecule has 0 aliphatic rings. The molecule has 2 N–H and O–H groups in total. The standard InChI is InChI=1S/C14H13BO2/c1-3-10-9-11-7-5-6-8-13(11)14(15(16)17)12(10)4-2/h3-9,16-17H,1-2H2. The van der Waals surface area contributed by atoms with E-state index in [2.05, 4.69) is 13.2 Å². The molecule has 84 valence electrons. The Balaban J connectivity index is 2.95. The van der Waals surface area contributed by atoms with Crippen molar-refractivity contribution in [1.82, 2.24) is 0 Å². The summed E-state index contributed by atoms with van der Waals surface area (Å²) in [5.74, 6) is 0. The first-order valence-corrected chi connectivity index (χ1v) is 5.35. The molecule has 0 heterocycles. The van der Waals surface area contributed by atoms with E-state index in [9.17, 15) is 10.0 Å². The van der Waals surface area contributed by atoms with Crippen LogP contribution in [0.2, 0.25) is 0 Å². The monoisotopic (exact) mass is 224 g/mol. The smallest absolute Gasteiger partial charge is 0.423 e. The zero-order valence-corrected chi connectivity index (χ0v) is 9.43. The van der Waals surface area contributed by atoms with E-state index < -0.39 is 7.12 Å². The summed E-state index contributed by atoms with van der Waals surface area (Å²) in [6.07, 6.45) is 3.31. The maximum absolute atomic E-state index is 9.53. The molecule has 3 heteroatoms. The van der Waals surface area contributed by atoms with Gasteiger partial charge in [-0.2, -0.15) is 0 Å². The lowest BCUT2D eigenvalue weighted by Gasteiger charge is -2.13. The minimum Gasteiger partial charge on any atom is -0.423 e. The van der Waals surface area contributed by atoms with E-state index in [0.29, 0.717) is 11.0 Å². The average molecular weight is 224 g/mol. The van der Waals surface area contributed by atoms with Crippen molar-refractivity contribution in [2.45, 2.75) is 0 Å². The van der Waals surface area contributed by atoms with Crippen LogP contribution in [0.3, 0.4) is 0 Å². The molecule has 0 aliphatic carbocycles. The van der Waals surface area contributed by atoms with Gasteiger partial charge in [0.2, 0.25) is 0 Å². The highest BCUT2D eigenvalue weighted by Gasteiger charge is 2.19. The van der Waals surface area contributed by atoms with Crippen molar-refractivity contribution in [2.75, 3.05) is 0 Å². The molecule has 0 saturated heterocycles. The van der Waals surface area contributed by atoms with Gasteiger partial charge < -0.3 is 10.0 Å². The minimum atomic E-state index is -1.52. The maximum atomic E-state index is 9.53. The molecule has 0 unspecified atom stereocenters. The molecule has 0 saturated carbocycles. The quantitative estimate of drug-likeness (QED) is 0.780. The molecule has 2 aromatic rings. The van der Waals surface area contributed by atoms with Gasteiger partial charge in [-0.15, -0.1) is 0 Å². The maximum Gasteiger partial charge on any atom is 0.489 e. The Labute approximate surface area is 101 Å². The summed E-state index contributed by atoms with van der Waals surface area (Å²) in [6, 6.07) is 9.54. The van der Waals surface area contributed by atoms with Gasteiger partial charge in [-0.05, 0) is 33.4 Å². The lowest BCUT2D eigenvalue weighted by molar-refractivity contribution is 0.426. The number of benzene rings is 2. The molecule has 2 rings (SSSR count). The first-order chi connectivity index (χ1) is 8.19. The summed E-state index contributed by atoms with van der Waals surface area (Å²) in [5.41, 5.74) is 2.04. The zero-order chi connectivity index (χ0) is 12.4. The van der Waals surface area contributed by atoms with Crippen LogP contribution in [0, 0.1) is 0 Å². The van der Waals surface area contributed by atoms with Crippen molar-refractivity contribution in [3.8, 4) is 0 Å². The zero-order valence-electron chi connectivity index (χ0n) is 9.43. The Hall–Kier alpha value is -1.84. The van der Waals surface area contributed by atoms with Crippen LogP contribution in [-0.2, 0) is 0 Å². The Morgan fingerprint density at radius 3 is 2.35 bits per heavy atom. The van der Waals surface area contributed by atoms with Gasteiger partial charge in [0.1, 0.15) is 0 Å². The fourth-order valence-corrected chi connectivity index (χ4v) is 2.09. The highest BCUT2D eigenvalue weighted by Crippen LogP contribution is 2.20. The third kappa shape index (κ3) is 1.91. The Morgan fingerprint density at radius 1 is 1.06 bits per heavy atom. The van der Waals surface area contributed by atoms with E-state index in [1.807, 2.05) is 30.3 Å². The third-order valence-corrected chi connectivity index (χ3v) is 2.85. The Morgan fingerprint density at radius 2 is 1.76 bits per heavy atom. The summed E-state index contributed by atoms with van der Waals surface area (Å²) in [6.45, 7) is 7.46. The molecule has 2 nitrogen and oxygen atoms in total. The van der Waals surface area contributed by atoms with Gasteiger partial charge in [0.15, 0.2) is 0 Å². The second-order valence-electron chi connectivity index (χ2n) is 3.80. The lowest BCUT2D eigenvalue weighted by atomic mass is 9.72. The van der Waals surface area contributed by atoms with E-state index in [1.54, 1.807) is 12.2 Å². The third-order valence-electron chi connectivity index (χ3n) is 2.85. The van der Waals surface area contributed by atoms with Crippen molar-refractivity contribution >= 4 is 35.5 Å². The van der Waals surface area contributed by atoms with Crippen LogP contribution in [-0.4, -0.2) is 17.2 Å². The largest absolute Gasteiger partial charge is 0.489 e. The van der Waals surface area contributed by atoms with Crippen molar-refractivity contribution in [3.63, 3.8) is 0 Å². The van der Waals surface area contributed by atoms with Gasteiger partial charge in [-0.25, -0.2) is 0 Å². The number of hydrogen-bond acceptors (Lipinski definition) is 2. The lowest BCUT2D eigenvalue weighted by Crippen LogP contribution is -2.33. The van der Waals surface area contributed by atoms with Crippen molar-refractivity contribution in [2.24, 2.45) is 0 Å². The van der Waals surface area contributed by atoms with Gasteiger partial charge in [0.25, 0.3) is 0 Å². The van der Waals surface area contributed by atoms with Gasteiger partial charge in [-0.1, -0.05) is 49.6 Å². The fraction of sp³-hybridized carbons (Fsp3) is 0. The molecule has 0 spiro atoms. The highest BCUT2D eigenvalue weighted by atomic mass is 16.4. The molecular weight excluding hydrogens is 211 g/mol. The molecular formula is C14H13BO2. The summed E-state index contributed by atoms with van der Waals surface area (Å²) >= 11 is 0. The molecule has 0 atom stereocenters. The van der Waals surface area contributed by atoms with E-state index in [-0.39, 0.29) is 0 Å². The molecule has 0 aliphatic heterocycles. The van der Waals surface area contributed by atoms with Crippen LogP contribution in [0.5, 0.6) is 0 Å². The van der Waals surface area contributed by atoms with Gasteiger partial charge in [0, 0.05) is 0 Å². The van der Waals surface area contributed by atoms with Crippen LogP contribution in [0.25, 0.3) is 22.9 Å². The van der Waals surface area contributed by atoms with Crippen molar-refractivity contribution < 1.29 is 10.0 Å². The van der Waals surface area contributed by atoms with Gasteiger partial charge in [0.05, 0.1) is 0 Å². The fourth-order valence-electron chi connectivity index (χ4n) is 2.09. The molecule has 2 aromatic carbocycles. The van der Waals surface area contributed by atoms with Gasteiger partial charge in [-0.3, -0.25) is 0 Å². The predicted molar refractivity (Wildman–Crippen MR) is 74.0 cm³/mol. The molecule has 0 radical (unpaired) electrons. The number of hydrogen-bond donors (Lipinski definition) is 2.